The lowest BCUT2D eigenvalue weighted by Gasteiger charge is -2.03. The van der Waals surface area contributed by atoms with Gasteiger partial charge in [0.2, 0.25) is 0 Å². The molecule has 0 atom stereocenters. The van der Waals surface area contributed by atoms with Crippen molar-refractivity contribution in [3.8, 4) is 0 Å². The van der Waals surface area contributed by atoms with Crippen molar-refractivity contribution in [2.75, 3.05) is 7.05 Å². The second-order valence-electron chi connectivity index (χ2n) is 2.64. The maximum Gasteiger partial charge on any atom is 0.0283 e. The van der Waals surface area contributed by atoms with Crippen LogP contribution in [0.2, 0.25) is 0 Å². The summed E-state index contributed by atoms with van der Waals surface area (Å²) in [6.07, 6.45) is 5.74. The zero-order valence-electron chi connectivity index (χ0n) is 8.39. The van der Waals surface area contributed by atoms with Crippen LogP contribution in [-0.2, 0) is 0 Å². The molecule has 0 bridgehead atoms. The fraction of sp³-hybridized carbons (Fsp3) is 0.364. The van der Waals surface area contributed by atoms with Gasteiger partial charge in [0.1, 0.15) is 0 Å². The van der Waals surface area contributed by atoms with Gasteiger partial charge >= 0.3 is 0 Å². The molecule has 0 spiro atoms. The predicted octanol–water partition coefficient (Wildman–Crippen LogP) is 3.16. The van der Waals surface area contributed by atoms with Crippen molar-refractivity contribution in [1.29, 1.82) is 0 Å². The Balaban J connectivity index is 4.97. The highest BCUT2D eigenvalue weighted by Gasteiger charge is 1.96. The molecular formula is C11H17N. The van der Waals surface area contributed by atoms with E-state index in [9.17, 15) is 0 Å². The van der Waals surface area contributed by atoms with Gasteiger partial charge in [0.05, 0.1) is 0 Å². The average molecular weight is 163 g/mol. The van der Waals surface area contributed by atoms with E-state index in [1.165, 1.54) is 11.1 Å². The molecule has 1 nitrogen and oxygen atoms in total. The fourth-order valence-electron chi connectivity index (χ4n) is 0.886. The van der Waals surface area contributed by atoms with E-state index in [0.717, 1.165) is 5.57 Å². The highest BCUT2D eigenvalue weighted by atomic mass is 14.6. The Morgan fingerprint density at radius 2 is 1.92 bits per heavy atom. The third kappa shape index (κ3) is 2.87. The Kier molecular flexibility index (Phi) is 5.02. The normalized spacial score (nSPS) is 14.8. The molecule has 0 unspecified atom stereocenters. The highest BCUT2D eigenvalue weighted by molar-refractivity contribution is 5.84. The average Bonchev–Trinajstić information content (AvgIpc) is 2.11. The molecule has 0 rings (SSSR count). The van der Waals surface area contributed by atoms with Crippen LogP contribution in [0, 0.1) is 0 Å². The minimum Gasteiger partial charge on any atom is -0.296 e. The number of allylic oxidation sites excluding steroid dienone is 5. The number of hydrogen-bond acceptors (Lipinski definition) is 1. The lowest BCUT2D eigenvalue weighted by Crippen LogP contribution is -1.88. The van der Waals surface area contributed by atoms with E-state index in [2.05, 4.69) is 31.5 Å². The largest absolute Gasteiger partial charge is 0.296 e. The van der Waals surface area contributed by atoms with E-state index < -0.39 is 0 Å². The second kappa shape index (κ2) is 5.53. The summed E-state index contributed by atoms with van der Waals surface area (Å²) in [6, 6.07) is 0. The standard InChI is InChI=1S/C11H17N/c1-6-9(3)10(4)11(7-2)8-12-5/h6-8H,2H2,1,3-5H3/b9-6-,11-10+,12-8?. The molecule has 0 aromatic heterocycles. The Morgan fingerprint density at radius 1 is 1.33 bits per heavy atom. The SMILES string of the molecule is C=C/C(C=NC)=C(C)\C(C)=C/C. The van der Waals surface area contributed by atoms with Crippen LogP contribution in [0.4, 0.5) is 0 Å². The van der Waals surface area contributed by atoms with Crippen molar-refractivity contribution in [3.63, 3.8) is 0 Å². The van der Waals surface area contributed by atoms with Crippen molar-refractivity contribution >= 4 is 6.21 Å². The van der Waals surface area contributed by atoms with Gasteiger partial charge < -0.3 is 0 Å². The predicted molar refractivity (Wildman–Crippen MR) is 56.7 cm³/mol. The van der Waals surface area contributed by atoms with Crippen molar-refractivity contribution in [2.45, 2.75) is 20.8 Å². The van der Waals surface area contributed by atoms with Gasteiger partial charge in [-0.3, -0.25) is 4.99 Å². The van der Waals surface area contributed by atoms with Gasteiger partial charge in [-0.2, -0.15) is 0 Å². The lowest BCUT2D eigenvalue weighted by atomic mass is 10.0. The summed E-state index contributed by atoms with van der Waals surface area (Å²) in [5.41, 5.74) is 3.59. The monoisotopic (exact) mass is 163 g/mol. The quantitative estimate of drug-likeness (QED) is 0.447. The maximum atomic E-state index is 3.96. The van der Waals surface area contributed by atoms with Crippen LogP contribution in [0.3, 0.4) is 0 Å². The summed E-state index contributed by atoms with van der Waals surface area (Å²) < 4.78 is 0. The van der Waals surface area contributed by atoms with Crippen LogP contribution in [-0.4, -0.2) is 13.3 Å². The Hall–Kier alpha value is -1.11. The molecule has 0 saturated carbocycles. The summed E-state index contributed by atoms with van der Waals surface area (Å²) in [7, 11) is 1.77. The first-order valence-electron chi connectivity index (χ1n) is 4.06. The Labute approximate surface area is 75.2 Å². The first-order chi connectivity index (χ1) is 5.67. The zero-order valence-corrected chi connectivity index (χ0v) is 8.39. The minimum absolute atomic E-state index is 1.09. The molecule has 0 saturated heterocycles. The fourth-order valence-corrected chi connectivity index (χ4v) is 0.886. The molecule has 0 N–H and O–H groups in total. The summed E-state index contributed by atoms with van der Waals surface area (Å²) >= 11 is 0. The molecule has 66 valence electrons. The van der Waals surface area contributed by atoms with E-state index in [0.29, 0.717) is 0 Å². The van der Waals surface area contributed by atoms with Crippen molar-refractivity contribution in [1.82, 2.24) is 0 Å². The number of hydrogen-bond donors (Lipinski definition) is 0. The van der Waals surface area contributed by atoms with Gasteiger partial charge in [0.15, 0.2) is 0 Å². The van der Waals surface area contributed by atoms with E-state index in [1.807, 2.05) is 19.2 Å². The molecular weight excluding hydrogens is 146 g/mol. The van der Waals surface area contributed by atoms with Gasteiger partial charge in [0.25, 0.3) is 0 Å². The highest BCUT2D eigenvalue weighted by Crippen LogP contribution is 2.12. The molecule has 0 aliphatic heterocycles. The molecule has 0 heterocycles. The lowest BCUT2D eigenvalue weighted by molar-refractivity contribution is 1.31. The first-order valence-corrected chi connectivity index (χ1v) is 4.06. The van der Waals surface area contributed by atoms with E-state index in [-0.39, 0.29) is 0 Å². The van der Waals surface area contributed by atoms with Gasteiger partial charge in [-0.1, -0.05) is 24.3 Å². The van der Waals surface area contributed by atoms with Gasteiger partial charge in [0, 0.05) is 13.3 Å². The minimum atomic E-state index is 1.09. The van der Waals surface area contributed by atoms with Crippen molar-refractivity contribution in [3.05, 3.63) is 35.5 Å². The van der Waals surface area contributed by atoms with Crippen molar-refractivity contribution in [2.24, 2.45) is 4.99 Å². The second-order valence-corrected chi connectivity index (χ2v) is 2.64. The Bertz CT molecular complexity index is 242. The topological polar surface area (TPSA) is 12.4 Å². The summed E-state index contributed by atoms with van der Waals surface area (Å²) in [5, 5.41) is 0. The van der Waals surface area contributed by atoms with Gasteiger partial charge in [-0.25, -0.2) is 0 Å². The summed E-state index contributed by atoms with van der Waals surface area (Å²) in [4.78, 5) is 3.96. The molecule has 0 aliphatic carbocycles. The summed E-state index contributed by atoms with van der Waals surface area (Å²) in [5.74, 6) is 0. The van der Waals surface area contributed by atoms with Crippen LogP contribution < -0.4 is 0 Å². The molecule has 0 amide bonds. The smallest absolute Gasteiger partial charge is 0.0283 e. The van der Waals surface area contributed by atoms with E-state index in [1.54, 1.807) is 7.05 Å². The summed E-state index contributed by atoms with van der Waals surface area (Å²) in [6.45, 7) is 9.93. The van der Waals surface area contributed by atoms with Crippen LogP contribution in [0.5, 0.6) is 0 Å². The number of nitrogens with zero attached hydrogens (tertiary/aromatic N) is 1. The number of rotatable bonds is 3. The van der Waals surface area contributed by atoms with Gasteiger partial charge in [-0.15, -0.1) is 0 Å². The molecule has 0 aromatic carbocycles. The third-order valence-corrected chi connectivity index (χ3v) is 1.95. The van der Waals surface area contributed by atoms with Gasteiger partial charge in [-0.05, 0) is 31.9 Å². The Morgan fingerprint density at radius 3 is 2.25 bits per heavy atom. The van der Waals surface area contributed by atoms with Crippen LogP contribution >= 0.6 is 0 Å². The van der Waals surface area contributed by atoms with E-state index >= 15 is 0 Å². The third-order valence-electron chi connectivity index (χ3n) is 1.95. The van der Waals surface area contributed by atoms with E-state index in [4.69, 9.17) is 0 Å². The number of aliphatic imine (C=N–C) groups is 1. The molecule has 0 radical (unpaired) electrons. The molecule has 0 aromatic rings. The molecule has 0 aliphatic rings. The molecule has 0 fully saturated rings. The first kappa shape index (κ1) is 10.9. The van der Waals surface area contributed by atoms with Crippen molar-refractivity contribution < 1.29 is 0 Å². The molecule has 1 heteroatoms. The maximum absolute atomic E-state index is 3.96. The van der Waals surface area contributed by atoms with Crippen LogP contribution in [0.25, 0.3) is 0 Å². The van der Waals surface area contributed by atoms with Crippen LogP contribution in [0.15, 0.2) is 40.4 Å². The zero-order chi connectivity index (χ0) is 9.56. The molecule has 12 heavy (non-hydrogen) atoms. The van der Waals surface area contributed by atoms with Crippen LogP contribution in [0.1, 0.15) is 20.8 Å².